The third-order valence-corrected chi connectivity index (χ3v) is 11.5. The standard InChI is InChI=1S/C50H33NS/c1-2-14-35(15-3-1)41-24-11-18-37-19-12-25-44(49(37)41)42-21-6-8-27-46(42)51(47-28-13-26-45-43-22-7-9-29-48(43)52-50(45)47)38-32-30-36(31-33-38)40-23-10-17-34-16-4-5-20-39(34)40/h1-33H. The van der Waals surface area contributed by atoms with Gasteiger partial charge in [-0.1, -0.05) is 170 Å². The largest absolute Gasteiger partial charge is 0.308 e. The van der Waals surface area contributed by atoms with Crippen molar-refractivity contribution in [3.63, 3.8) is 0 Å². The van der Waals surface area contributed by atoms with Crippen LogP contribution in [0.1, 0.15) is 0 Å². The summed E-state index contributed by atoms with van der Waals surface area (Å²) in [5.41, 5.74) is 10.7. The van der Waals surface area contributed by atoms with Gasteiger partial charge in [-0.2, -0.15) is 0 Å². The van der Waals surface area contributed by atoms with E-state index in [2.05, 4.69) is 205 Å². The summed E-state index contributed by atoms with van der Waals surface area (Å²) in [6.07, 6.45) is 0. The van der Waals surface area contributed by atoms with Gasteiger partial charge >= 0.3 is 0 Å². The molecule has 9 aromatic carbocycles. The average Bonchev–Trinajstić information content (AvgIpc) is 3.61. The lowest BCUT2D eigenvalue weighted by molar-refractivity contribution is 1.30. The third kappa shape index (κ3) is 5.07. The molecule has 10 aromatic rings. The molecule has 0 bridgehead atoms. The molecule has 0 aliphatic heterocycles. The minimum atomic E-state index is 1.12. The van der Waals surface area contributed by atoms with Gasteiger partial charge in [0.1, 0.15) is 0 Å². The van der Waals surface area contributed by atoms with Crippen LogP contribution in [0, 0.1) is 0 Å². The van der Waals surface area contributed by atoms with Crippen molar-refractivity contribution in [2.45, 2.75) is 0 Å². The Hall–Kier alpha value is -6.48. The number of anilines is 3. The van der Waals surface area contributed by atoms with Gasteiger partial charge in [0.05, 0.1) is 16.1 Å². The third-order valence-electron chi connectivity index (χ3n) is 10.3. The lowest BCUT2D eigenvalue weighted by atomic mass is 9.90. The summed E-state index contributed by atoms with van der Waals surface area (Å²) in [7, 11) is 0. The Balaban J connectivity index is 1.22. The van der Waals surface area contributed by atoms with Crippen molar-refractivity contribution in [3.05, 3.63) is 200 Å². The van der Waals surface area contributed by atoms with Crippen LogP contribution in [0.2, 0.25) is 0 Å². The second kappa shape index (κ2) is 12.7. The maximum absolute atomic E-state index is 2.48. The van der Waals surface area contributed by atoms with E-state index in [-0.39, 0.29) is 0 Å². The normalized spacial score (nSPS) is 11.5. The highest BCUT2D eigenvalue weighted by molar-refractivity contribution is 7.26. The van der Waals surface area contributed by atoms with E-state index in [9.17, 15) is 0 Å². The Kier molecular flexibility index (Phi) is 7.41. The fourth-order valence-electron chi connectivity index (χ4n) is 7.90. The highest BCUT2D eigenvalue weighted by Crippen LogP contribution is 2.49. The molecular formula is C50H33NS. The zero-order valence-corrected chi connectivity index (χ0v) is 29.2. The Morgan fingerprint density at radius 2 is 0.885 bits per heavy atom. The number of nitrogens with zero attached hydrogens (tertiary/aromatic N) is 1. The highest BCUT2D eigenvalue weighted by Gasteiger charge is 2.22. The van der Waals surface area contributed by atoms with Crippen LogP contribution in [-0.2, 0) is 0 Å². The number of hydrogen-bond acceptors (Lipinski definition) is 2. The number of para-hydroxylation sites is 1. The Morgan fingerprint density at radius 1 is 0.327 bits per heavy atom. The Labute approximate surface area is 307 Å². The molecule has 0 fully saturated rings. The minimum Gasteiger partial charge on any atom is -0.308 e. The van der Waals surface area contributed by atoms with E-state index in [0.717, 1.165) is 11.4 Å². The smallest absolute Gasteiger partial charge is 0.0640 e. The van der Waals surface area contributed by atoms with Crippen LogP contribution < -0.4 is 4.90 Å². The first-order valence-corrected chi connectivity index (χ1v) is 18.6. The van der Waals surface area contributed by atoms with E-state index in [1.54, 1.807) is 0 Å². The van der Waals surface area contributed by atoms with Gasteiger partial charge in [-0.25, -0.2) is 0 Å². The lowest BCUT2D eigenvalue weighted by Gasteiger charge is -2.29. The molecule has 0 aliphatic rings. The van der Waals surface area contributed by atoms with Gasteiger partial charge in [-0.3, -0.25) is 0 Å². The molecule has 0 saturated heterocycles. The van der Waals surface area contributed by atoms with E-state index >= 15 is 0 Å². The molecule has 10 rings (SSSR count). The lowest BCUT2D eigenvalue weighted by Crippen LogP contribution is -2.11. The van der Waals surface area contributed by atoms with Crippen molar-refractivity contribution in [1.82, 2.24) is 0 Å². The van der Waals surface area contributed by atoms with Crippen LogP contribution in [0.5, 0.6) is 0 Å². The first-order valence-electron chi connectivity index (χ1n) is 17.8. The van der Waals surface area contributed by atoms with E-state index < -0.39 is 0 Å². The molecular weight excluding hydrogens is 647 g/mol. The van der Waals surface area contributed by atoms with E-state index in [1.807, 2.05) is 11.3 Å². The summed E-state index contributed by atoms with van der Waals surface area (Å²) < 4.78 is 2.57. The Bertz CT molecular complexity index is 2890. The molecule has 0 saturated carbocycles. The van der Waals surface area contributed by atoms with Crippen molar-refractivity contribution in [3.8, 4) is 33.4 Å². The first kappa shape index (κ1) is 30.4. The quantitative estimate of drug-likeness (QED) is 0.169. The molecule has 1 heterocycles. The molecule has 0 radical (unpaired) electrons. The predicted octanol–water partition coefficient (Wildman–Crippen LogP) is 14.8. The average molecular weight is 680 g/mol. The molecule has 0 unspecified atom stereocenters. The monoisotopic (exact) mass is 679 g/mol. The first-order chi connectivity index (χ1) is 25.8. The zero-order valence-electron chi connectivity index (χ0n) is 28.4. The van der Waals surface area contributed by atoms with Crippen molar-refractivity contribution in [2.75, 3.05) is 4.90 Å². The van der Waals surface area contributed by atoms with Gasteiger partial charge in [0.25, 0.3) is 0 Å². The van der Waals surface area contributed by atoms with Crippen molar-refractivity contribution < 1.29 is 0 Å². The summed E-state index contributed by atoms with van der Waals surface area (Å²) >= 11 is 1.87. The van der Waals surface area contributed by atoms with Crippen LogP contribution in [0.4, 0.5) is 17.1 Å². The van der Waals surface area contributed by atoms with Gasteiger partial charge < -0.3 is 4.90 Å². The second-order valence-electron chi connectivity index (χ2n) is 13.3. The Morgan fingerprint density at radius 3 is 1.73 bits per heavy atom. The van der Waals surface area contributed by atoms with Gasteiger partial charge in [-0.05, 0) is 79.7 Å². The molecule has 2 heteroatoms. The summed E-state index contributed by atoms with van der Waals surface area (Å²) in [6.45, 7) is 0. The SMILES string of the molecule is c1ccc(-c2cccc3cccc(-c4ccccc4N(c4ccc(-c5cccc6ccccc56)cc4)c4cccc5c4sc4ccccc45)c23)cc1. The molecule has 0 atom stereocenters. The zero-order chi connectivity index (χ0) is 34.4. The van der Waals surface area contributed by atoms with Gasteiger partial charge in [0.2, 0.25) is 0 Å². The van der Waals surface area contributed by atoms with E-state index in [1.165, 1.54) is 80.8 Å². The van der Waals surface area contributed by atoms with E-state index in [0.29, 0.717) is 0 Å². The fraction of sp³-hybridized carbons (Fsp3) is 0. The number of benzene rings is 9. The van der Waals surface area contributed by atoms with Gasteiger partial charge in [0, 0.05) is 26.7 Å². The summed E-state index contributed by atoms with van der Waals surface area (Å²) in [4.78, 5) is 2.48. The molecule has 0 spiro atoms. The van der Waals surface area contributed by atoms with Crippen molar-refractivity contribution in [2.24, 2.45) is 0 Å². The number of rotatable bonds is 6. The number of thiophene rings is 1. The van der Waals surface area contributed by atoms with Crippen LogP contribution >= 0.6 is 11.3 Å². The number of hydrogen-bond donors (Lipinski definition) is 0. The summed E-state index contributed by atoms with van der Waals surface area (Å²) in [5.74, 6) is 0. The predicted molar refractivity (Wildman–Crippen MR) is 225 cm³/mol. The van der Waals surface area contributed by atoms with Crippen LogP contribution in [-0.4, -0.2) is 0 Å². The second-order valence-corrected chi connectivity index (χ2v) is 14.3. The van der Waals surface area contributed by atoms with Crippen LogP contribution in [0.3, 0.4) is 0 Å². The molecule has 1 nitrogen and oxygen atoms in total. The molecule has 1 aromatic heterocycles. The van der Waals surface area contributed by atoms with Crippen LogP contribution in [0.15, 0.2) is 200 Å². The van der Waals surface area contributed by atoms with Gasteiger partial charge in [-0.15, -0.1) is 11.3 Å². The molecule has 0 N–H and O–H groups in total. The molecule has 244 valence electrons. The summed E-state index contributed by atoms with van der Waals surface area (Å²) in [5, 5.41) is 7.58. The highest BCUT2D eigenvalue weighted by atomic mass is 32.1. The van der Waals surface area contributed by atoms with E-state index in [4.69, 9.17) is 0 Å². The maximum Gasteiger partial charge on any atom is 0.0640 e. The summed E-state index contributed by atoms with van der Waals surface area (Å²) in [6, 6.07) is 72.9. The molecule has 0 aliphatic carbocycles. The fourth-order valence-corrected chi connectivity index (χ4v) is 9.11. The number of fused-ring (bicyclic) bond motifs is 5. The molecule has 0 amide bonds. The van der Waals surface area contributed by atoms with Crippen molar-refractivity contribution >= 4 is 70.1 Å². The van der Waals surface area contributed by atoms with Gasteiger partial charge in [0.15, 0.2) is 0 Å². The van der Waals surface area contributed by atoms with Crippen molar-refractivity contribution in [1.29, 1.82) is 0 Å². The van der Waals surface area contributed by atoms with Crippen LogP contribution in [0.25, 0.3) is 75.1 Å². The maximum atomic E-state index is 2.48. The topological polar surface area (TPSA) is 3.24 Å². The minimum absolute atomic E-state index is 1.12. The molecule has 52 heavy (non-hydrogen) atoms.